The summed E-state index contributed by atoms with van der Waals surface area (Å²) < 4.78 is 0. The van der Waals surface area contributed by atoms with Crippen LogP contribution in [0.3, 0.4) is 0 Å². The van der Waals surface area contributed by atoms with Gasteiger partial charge in [0.05, 0.1) is 6.42 Å². The normalized spacial score (nSPS) is 15.2. The highest BCUT2D eigenvalue weighted by Gasteiger charge is 2.23. The largest absolute Gasteiger partial charge is 0.399 e. The van der Waals surface area contributed by atoms with Crippen LogP contribution in [0.25, 0.3) is 0 Å². The van der Waals surface area contributed by atoms with Crippen molar-refractivity contribution >= 4 is 24.0 Å². The van der Waals surface area contributed by atoms with Crippen LogP contribution in [0.5, 0.6) is 0 Å². The van der Waals surface area contributed by atoms with Crippen LogP contribution in [0.1, 0.15) is 31.2 Å². The van der Waals surface area contributed by atoms with Gasteiger partial charge in [-0.3, -0.25) is 4.79 Å². The molecule has 100 valence electrons. The molecule has 1 aliphatic rings. The van der Waals surface area contributed by atoms with Gasteiger partial charge >= 0.3 is 0 Å². The van der Waals surface area contributed by atoms with Crippen molar-refractivity contribution in [3.05, 3.63) is 29.8 Å². The van der Waals surface area contributed by atoms with Crippen molar-refractivity contribution in [3.8, 4) is 0 Å². The van der Waals surface area contributed by atoms with Crippen molar-refractivity contribution in [2.24, 2.45) is 0 Å². The van der Waals surface area contributed by atoms with E-state index in [1.165, 1.54) is 12.8 Å². The molecule has 0 saturated heterocycles. The standard InChI is InChI=1S/C14H20N2O.ClH/c1-16(13-4-2-3-5-13)14(17)10-11-6-8-12(15)9-7-11;/h6-9,13H,2-5,10,15H2,1H3;1H. The van der Waals surface area contributed by atoms with E-state index in [2.05, 4.69) is 0 Å². The summed E-state index contributed by atoms with van der Waals surface area (Å²) in [4.78, 5) is 14.0. The third kappa shape index (κ3) is 3.64. The monoisotopic (exact) mass is 268 g/mol. The Bertz CT molecular complexity index is 385. The number of amides is 1. The number of nitrogen functional groups attached to an aromatic ring is 1. The minimum Gasteiger partial charge on any atom is -0.399 e. The van der Waals surface area contributed by atoms with Gasteiger partial charge in [0, 0.05) is 18.8 Å². The fourth-order valence-corrected chi connectivity index (χ4v) is 2.43. The lowest BCUT2D eigenvalue weighted by Crippen LogP contribution is -2.36. The van der Waals surface area contributed by atoms with E-state index in [1.54, 1.807) is 0 Å². The number of carbonyl (C=O) groups is 1. The third-order valence-corrected chi connectivity index (χ3v) is 3.60. The number of halogens is 1. The van der Waals surface area contributed by atoms with E-state index < -0.39 is 0 Å². The Labute approximate surface area is 115 Å². The van der Waals surface area contributed by atoms with E-state index in [9.17, 15) is 4.79 Å². The molecule has 0 bridgehead atoms. The average molecular weight is 269 g/mol. The summed E-state index contributed by atoms with van der Waals surface area (Å²) in [5.74, 6) is 0.210. The summed E-state index contributed by atoms with van der Waals surface area (Å²) in [6.07, 6.45) is 5.30. The summed E-state index contributed by atoms with van der Waals surface area (Å²) in [6.45, 7) is 0. The molecule has 0 aliphatic heterocycles. The average Bonchev–Trinajstić information content (AvgIpc) is 2.84. The zero-order valence-corrected chi connectivity index (χ0v) is 11.6. The van der Waals surface area contributed by atoms with Crippen molar-refractivity contribution in [1.29, 1.82) is 0 Å². The maximum atomic E-state index is 12.1. The number of nitrogens with zero attached hydrogens (tertiary/aromatic N) is 1. The number of anilines is 1. The van der Waals surface area contributed by atoms with E-state index in [0.717, 1.165) is 24.1 Å². The first-order valence-electron chi connectivity index (χ1n) is 6.27. The van der Waals surface area contributed by atoms with Gasteiger partial charge < -0.3 is 10.6 Å². The van der Waals surface area contributed by atoms with Crippen LogP contribution in [0, 0.1) is 0 Å². The number of hydrogen-bond donors (Lipinski definition) is 1. The SMILES string of the molecule is CN(C(=O)Cc1ccc(N)cc1)C1CCCC1.Cl. The molecule has 1 aromatic rings. The smallest absolute Gasteiger partial charge is 0.226 e. The maximum Gasteiger partial charge on any atom is 0.226 e. The number of benzene rings is 1. The predicted molar refractivity (Wildman–Crippen MR) is 76.8 cm³/mol. The Morgan fingerprint density at radius 3 is 2.39 bits per heavy atom. The molecule has 1 amide bonds. The molecule has 0 heterocycles. The lowest BCUT2D eigenvalue weighted by atomic mass is 10.1. The number of hydrogen-bond acceptors (Lipinski definition) is 2. The number of rotatable bonds is 3. The summed E-state index contributed by atoms with van der Waals surface area (Å²) in [5.41, 5.74) is 7.40. The highest BCUT2D eigenvalue weighted by molar-refractivity contribution is 5.85. The molecule has 2 N–H and O–H groups in total. The molecule has 1 saturated carbocycles. The van der Waals surface area contributed by atoms with Crippen LogP contribution >= 0.6 is 12.4 Å². The Hall–Kier alpha value is -1.22. The third-order valence-electron chi connectivity index (χ3n) is 3.60. The first kappa shape index (κ1) is 14.8. The van der Waals surface area contributed by atoms with E-state index in [-0.39, 0.29) is 18.3 Å². The lowest BCUT2D eigenvalue weighted by Gasteiger charge is -2.24. The van der Waals surface area contributed by atoms with Crippen LogP contribution in [-0.4, -0.2) is 23.9 Å². The predicted octanol–water partition coefficient (Wildman–Crippen LogP) is 2.63. The molecule has 1 aromatic carbocycles. The van der Waals surface area contributed by atoms with E-state index in [1.807, 2.05) is 36.2 Å². The molecule has 1 fully saturated rings. The number of likely N-dealkylation sites (N-methyl/N-ethyl adjacent to an activating group) is 1. The topological polar surface area (TPSA) is 46.3 Å². The molecule has 0 atom stereocenters. The highest BCUT2D eigenvalue weighted by atomic mass is 35.5. The number of carbonyl (C=O) groups excluding carboxylic acids is 1. The first-order valence-corrected chi connectivity index (χ1v) is 6.27. The molecule has 18 heavy (non-hydrogen) atoms. The maximum absolute atomic E-state index is 12.1. The Balaban J connectivity index is 0.00000162. The van der Waals surface area contributed by atoms with Gasteiger partial charge in [0.1, 0.15) is 0 Å². The zero-order valence-electron chi connectivity index (χ0n) is 10.8. The molecule has 2 rings (SSSR count). The molecule has 0 radical (unpaired) electrons. The van der Waals surface area contributed by atoms with E-state index >= 15 is 0 Å². The van der Waals surface area contributed by atoms with Crippen LogP contribution < -0.4 is 5.73 Å². The van der Waals surface area contributed by atoms with Gasteiger partial charge in [0.15, 0.2) is 0 Å². The van der Waals surface area contributed by atoms with Gasteiger partial charge in [-0.15, -0.1) is 12.4 Å². The van der Waals surface area contributed by atoms with Crippen molar-refractivity contribution in [2.75, 3.05) is 12.8 Å². The second-order valence-electron chi connectivity index (χ2n) is 4.86. The van der Waals surface area contributed by atoms with Gasteiger partial charge in [-0.25, -0.2) is 0 Å². The van der Waals surface area contributed by atoms with E-state index in [4.69, 9.17) is 5.73 Å². The Kier molecular flexibility index (Phi) is 5.48. The second-order valence-corrected chi connectivity index (χ2v) is 4.86. The fourth-order valence-electron chi connectivity index (χ4n) is 2.43. The Morgan fingerprint density at radius 1 is 1.28 bits per heavy atom. The van der Waals surface area contributed by atoms with Gasteiger partial charge in [-0.05, 0) is 30.5 Å². The molecular formula is C14H21ClN2O. The summed E-state index contributed by atoms with van der Waals surface area (Å²) in [6, 6.07) is 8.00. The minimum absolute atomic E-state index is 0. The molecular weight excluding hydrogens is 248 g/mol. The van der Waals surface area contributed by atoms with E-state index in [0.29, 0.717) is 12.5 Å². The second kappa shape index (κ2) is 6.64. The fraction of sp³-hybridized carbons (Fsp3) is 0.500. The quantitative estimate of drug-likeness (QED) is 0.857. The summed E-state index contributed by atoms with van der Waals surface area (Å²) in [5, 5.41) is 0. The lowest BCUT2D eigenvalue weighted by molar-refractivity contribution is -0.131. The van der Waals surface area contributed by atoms with Crippen LogP contribution in [-0.2, 0) is 11.2 Å². The van der Waals surface area contributed by atoms with Crippen LogP contribution in [0.2, 0.25) is 0 Å². The van der Waals surface area contributed by atoms with Crippen LogP contribution in [0.15, 0.2) is 24.3 Å². The molecule has 0 aromatic heterocycles. The van der Waals surface area contributed by atoms with Crippen LogP contribution in [0.4, 0.5) is 5.69 Å². The van der Waals surface area contributed by atoms with Crippen molar-refractivity contribution in [2.45, 2.75) is 38.1 Å². The zero-order chi connectivity index (χ0) is 12.3. The molecule has 1 aliphatic carbocycles. The minimum atomic E-state index is 0. The molecule has 0 unspecified atom stereocenters. The Morgan fingerprint density at radius 2 is 1.83 bits per heavy atom. The molecule has 0 spiro atoms. The molecule has 4 heteroatoms. The van der Waals surface area contributed by atoms with Crippen molar-refractivity contribution in [3.63, 3.8) is 0 Å². The van der Waals surface area contributed by atoms with Gasteiger partial charge in [0.25, 0.3) is 0 Å². The highest BCUT2D eigenvalue weighted by Crippen LogP contribution is 2.22. The summed E-state index contributed by atoms with van der Waals surface area (Å²) >= 11 is 0. The van der Waals surface area contributed by atoms with Gasteiger partial charge in [-0.1, -0.05) is 25.0 Å². The van der Waals surface area contributed by atoms with Gasteiger partial charge in [0.2, 0.25) is 5.91 Å². The summed E-state index contributed by atoms with van der Waals surface area (Å²) in [7, 11) is 1.93. The van der Waals surface area contributed by atoms with Crippen molar-refractivity contribution < 1.29 is 4.79 Å². The van der Waals surface area contributed by atoms with Crippen molar-refractivity contribution in [1.82, 2.24) is 4.90 Å². The first-order chi connectivity index (χ1) is 8.16. The number of nitrogens with two attached hydrogens (primary N) is 1. The van der Waals surface area contributed by atoms with Gasteiger partial charge in [-0.2, -0.15) is 0 Å². The molecule has 3 nitrogen and oxygen atoms in total.